The average molecular weight is 345 g/mol. The number of anilines is 1. The third-order valence-electron chi connectivity index (χ3n) is 2.92. The first-order valence-corrected chi connectivity index (χ1v) is 8.28. The number of carbonyl (C=O) groups is 2. The number of amides is 2. The molecule has 0 fully saturated rings. The standard InChI is InChI=1S/C17H19N3O3S/c1-12(2)11-23-14-6-4-3-5-13(14)16(22)18-8-7-15(21)20-17-19-9-10-24-17/h3-6,9-10H,1,7-8,11H2,2H3,(H,18,22)(H,19,20,21). The molecule has 0 aliphatic carbocycles. The van der Waals surface area contributed by atoms with Crippen LogP contribution in [0.25, 0.3) is 0 Å². The maximum Gasteiger partial charge on any atom is 0.255 e. The van der Waals surface area contributed by atoms with Gasteiger partial charge in [0, 0.05) is 24.5 Å². The van der Waals surface area contributed by atoms with Crippen molar-refractivity contribution in [3.63, 3.8) is 0 Å². The van der Waals surface area contributed by atoms with E-state index in [9.17, 15) is 9.59 Å². The van der Waals surface area contributed by atoms with Crippen molar-refractivity contribution in [2.75, 3.05) is 18.5 Å². The van der Waals surface area contributed by atoms with Crippen LogP contribution in [0.1, 0.15) is 23.7 Å². The lowest BCUT2D eigenvalue weighted by atomic mass is 10.2. The minimum Gasteiger partial charge on any atom is -0.488 e. The molecule has 0 saturated heterocycles. The van der Waals surface area contributed by atoms with Gasteiger partial charge in [0.2, 0.25) is 5.91 Å². The Balaban J connectivity index is 1.84. The fourth-order valence-corrected chi connectivity index (χ4v) is 2.38. The quantitative estimate of drug-likeness (QED) is 0.721. The molecule has 0 radical (unpaired) electrons. The first-order chi connectivity index (χ1) is 11.6. The Bertz CT molecular complexity index is 714. The molecule has 24 heavy (non-hydrogen) atoms. The van der Waals surface area contributed by atoms with Crippen LogP contribution >= 0.6 is 11.3 Å². The molecule has 1 heterocycles. The highest BCUT2D eigenvalue weighted by Gasteiger charge is 2.12. The summed E-state index contributed by atoms with van der Waals surface area (Å²) in [7, 11) is 0. The van der Waals surface area contributed by atoms with Crippen molar-refractivity contribution in [3.8, 4) is 5.75 Å². The summed E-state index contributed by atoms with van der Waals surface area (Å²) in [6.07, 6.45) is 1.78. The van der Waals surface area contributed by atoms with Crippen LogP contribution in [-0.4, -0.2) is 29.9 Å². The van der Waals surface area contributed by atoms with E-state index >= 15 is 0 Å². The van der Waals surface area contributed by atoms with Crippen molar-refractivity contribution < 1.29 is 14.3 Å². The van der Waals surface area contributed by atoms with E-state index in [1.54, 1.807) is 35.8 Å². The molecule has 2 N–H and O–H groups in total. The summed E-state index contributed by atoms with van der Waals surface area (Å²) in [5, 5.41) is 7.70. The number of carbonyl (C=O) groups excluding carboxylic acids is 2. The second kappa shape index (κ2) is 8.83. The second-order valence-electron chi connectivity index (χ2n) is 5.13. The number of aromatic nitrogens is 1. The summed E-state index contributed by atoms with van der Waals surface area (Å²) < 4.78 is 5.57. The third-order valence-corrected chi connectivity index (χ3v) is 3.61. The summed E-state index contributed by atoms with van der Waals surface area (Å²) in [6.45, 7) is 6.20. The van der Waals surface area contributed by atoms with Crippen molar-refractivity contribution in [1.29, 1.82) is 0 Å². The zero-order valence-corrected chi connectivity index (χ0v) is 14.2. The number of ether oxygens (including phenoxy) is 1. The summed E-state index contributed by atoms with van der Waals surface area (Å²) in [5.74, 6) is 0.0108. The third kappa shape index (κ3) is 5.51. The van der Waals surface area contributed by atoms with Crippen molar-refractivity contribution in [2.24, 2.45) is 0 Å². The van der Waals surface area contributed by atoms with Gasteiger partial charge in [-0.2, -0.15) is 0 Å². The van der Waals surface area contributed by atoms with E-state index in [-0.39, 0.29) is 24.8 Å². The number of nitrogens with one attached hydrogen (secondary N) is 2. The van der Waals surface area contributed by atoms with Gasteiger partial charge in [-0.15, -0.1) is 11.3 Å². The van der Waals surface area contributed by atoms with Gasteiger partial charge < -0.3 is 15.4 Å². The monoisotopic (exact) mass is 345 g/mol. The lowest BCUT2D eigenvalue weighted by Gasteiger charge is -2.11. The van der Waals surface area contributed by atoms with E-state index in [0.29, 0.717) is 23.1 Å². The lowest BCUT2D eigenvalue weighted by molar-refractivity contribution is -0.116. The predicted molar refractivity (Wildman–Crippen MR) is 94.4 cm³/mol. The van der Waals surface area contributed by atoms with Crippen LogP contribution in [-0.2, 0) is 4.79 Å². The van der Waals surface area contributed by atoms with Crippen LogP contribution in [0.5, 0.6) is 5.75 Å². The van der Waals surface area contributed by atoms with Gasteiger partial charge in [0.05, 0.1) is 5.56 Å². The Kier molecular flexibility index (Phi) is 6.51. The van der Waals surface area contributed by atoms with Gasteiger partial charge in [0.15, 0.2) is 5.13 Å². The number of benzene rings is 1. The molecule has 0 atom stereocenters. The Morgan fingerprint density at radius 3 is 2.83 bits per heavy atom. The molecule has 1 aromatic carbocycles. The van der Waals surface area contributed by atoms with Crippen LogP contribution in [0.2, 0.25) is 0 Å². The second-order valence-corrected chi connectivity index (χ2v) is 6.03. The number of hydrogen-bond donors (Lipinski definition) is 2. The van der Waals surface area contributed by atoms with Crippen LogP contribution in [0, 0.1) is 0 Å². The van der Waals surface area contributed by atoms with E-state index in [2.05, 4.69) is 22.2 Å². The van der Waals surface area contributed by atoms with Crippen LogP contribution in [0.4, 0.5) is 5.13 Å². The fourth-order valence-electron chi connectivity index (χ4n) is 1.83. The van der Waals surface area contributed by atoms with Gasteiger partial charge in [0.1, 0.15) is 12.4 Å². The molecule has 0 bridgehead atoms. The Morgan fingerprint density at radius 1 is 1.33 bits per heavy atom. The summed E-state index contributed by atoms with van der Waals surface area (Å²) >= 11 is 1.34. The van der Waals surface area contributed by atoms with Crippen LogP contribution in [0.15, 0.2) is 48.0 Å². The normalized spacial score (nSPS) is 10.0. The summed E-state index contributed by atoms with van der Waals surface area (Å²) in [5.41, 5.74) is 1.29. The molecule has 0 unspecified atom stereocenters. The highest BCUT2D eigenvalue weighted by molar-refractivity contribution is 7.13. The van der Waals surface area contributed by atoms with Gasteiger partial charge in [-0.05, 0) is 24.6 Å². The zero-order valence-electron chi connectivity index (χ0n) is 13.4. The van der Waals surface area contributed by atoms with E-state index in [1.165, 1.54) is 11.3 Å². The van der Waals surface area contributed by atoms with Crippen molar-refractivity contribution in [3.05, 3.63) is 53.6 Å². The molecule has 2 amide bonds. The molecule has 6 nitrogen and oxygen atoms in total. The fraction of sp³-hybridized carbons (Fsp3) is 0.235. The molecule has 126 valence electrons. The summed E-state index contributed by atoms with van der Waals surface area (Å²) in [6, 6.07) is 6.97. The maximum atomic E-state index is 12.3. The lowest BCUT2D eigenvalue weighted by Crippen LogP contribution is -2.28. The zero-order chi connectivity index (χ0) is 17.4. The number of rotatable bonds is 8. The van der Waals surface area contributed by atoms with E-state index < -0.39 is 0 Å². The largest absolute Gasteiger partial charge is 0.488 e. The molecular weight excluding hydrogens is 326 g/mol. The minimum absolute atomic E-state index is 0.167. The predicted octanol–water partition coefficient (Wildman–Crippen LogP) is 2.86. The molecule has 0 spiro atoms. The minimum atomic E-state index is -0.283. The van der Waals surface area contributed by atoms with Crippen molar-refractivity contribution >= 4 is 28.3 Å². The molecule has 7 heteroatoms. The SMILES string of the molecule is C=C(C)COc1ccccc1C(=O)NCCC(=O)Nc1nccs1. The van der Waals surface area contributed by atoms with Crippen molar-refractivity contribution in [2.45, 2.75) is 13.3 Å². The molecule has 0 aliphatic heterocycles. The van der Waals surface area contributed by atoms with Gasteiger partial charge in [-0.25, -0.2) is 4.98 Å². The van der Waals surface area contributed by atoms with Crippen LogP contribution in [0.3, 0.4) is 0 Å². The smallest absolute Gasteiger partial charge is 0.255 e. The van der Waals surface area contributed by atoms with Gasteiger partial charge in [-0.3, -0.25) is 9.59 Å². The number of para-hydroxylation sites is 1. The molecule has 0 aliphatic rings. The highest BCUT2D eigenvalue weighted by Crippen LogP contribution is 2.18. The summed E-state index contributed by atoms with van der Waals surface area (Å²) in [4.78, 5) is 28.0. The Hall–Kier alpha value is -2.67. The number of nitrogens with zero attached hydrogens (tertiary/aromatic N) is 1. The van der Waals surface area contributed by atoms with E-state index in [4.69, 9.17) is 4.74 Å². The number of hydrogen-bond acceptors (Lipinski definition) is 5. The van der Waals surface area contributed by atoms with Crippen LogP contribution < -0.4 is 15.4 Å². The Labute approximate surface area is 144 Å². The average Bonchev–Trinajstić information content (AvgIpc) is 3.06. The van der Waals surface area contributed by atoms with Gasteiger partial charge >= 0.3 is 0 Å². The first-order valence-electron chi connectivity index (χ1n) is 7.40. The molecule has 1 aromatic heterocycles. The molecular formula is C17H19N3O3S. The maximum absolute atomic E-state index is 12.3. The van der Waals surface area contributed by atoms with E-state index in [1.807, 2.05) is 6.92 Å². The number of thiazole rings is 1. The van der Waals surface area contributed by atoms with E-state index in [0.717, 1.165) is 5.57 Å². The highest BCUT2D eigenvalue weighted by atomic mass is 32.1. The molecule has 0 saturated carbocycles. The van der Waals surface area contributed by atoms with Crippen molar-refractivity contribution in [1.82, 2.24) is 10.3 Å². The molecule has 2 aromatic rings. The molecule has 2 rings (SSSR count). The first kappa shape index (κ1) is 17.7. The van der Waals surface area contributed by atoms with Gasteiger partial charge in [0.25, 0.3) is 5.91 Å². The Morgan fingerprint density at radius 2 is 2.12 bits per heavy atom. The van der Waals surface area contributed by atoms with Gasteiger partial charge in [-0.1, -0.05) is 18.7 Å². The topological polar surface area (TPSA) is 80.3 Å².